The fourth-order valence-electron chi connectivity index (χ4n) is 3.38. The van der Waals surface area contributed by atoms with Gasteiger partial charge in [0.2, 0.25) is 0 Å². The summed E-state index contributed by atoms with van der Waals surface area (Å²) in [6, 6.07) is 9.55. The van der Waals surface area contributed by atoms with Crippen LogP contribution in [0.4, 0.5) is 0 Å². The SMILES string of the molecule is Cc1nc2n(n1)CCCC2NC1CCSc2ccccc21. The highest BCUT2D eigenvalue weighted by atomic mass is 32.2. The van der Waals surface area contributed by atoms with Gasteiger partial charge in [0, 0.05) is 17.5 Å². The quantitative estimate of drug-likeness (QED) is 0.924. The van der Waals surface area contributed by atoms with Crippen molar-refractivity contribution in [1.29, 1.82) is 0 Å². The molecular formula is C16H20N4S. The molecule has 0 saturated carbocycles. The van der Waals surface area contributed by atoms with Crippen LogP contribution in [0, 0.1) is 6.92 Å². The molecular weight excluding hydrogens is 280 g/mol. The maximum Gasteiger partial charge on any atom is 0.147 e. The Labute approximate surface area is 129 Å². The second-order valence-corrected chi connectivity index (χ2v) is 6.97. The molecule has 4 nitrogen and oxygen atoms in total. The molecule has 110 valence electrons. The third kappa shape index (κ3) is 2.49. The predicted octanol–water partition coefficient (Wildman–Crippen LogP) is 3.25. The lowest BCUT2D eigenvalue weighted by molar-refractivity contribution is 0.330. The first-order chi connectivity index (χ1) is 10.3. The molecule has 4 rings (SSSR count). The van der Waals surface area contributed by atoms with Gasteiger partial charge in [-0.05, 0) is 43.6 Å². The minimum Gasteiger partial charge on any atom is -0.300 e. The van der Waals surface area contributed by atoms with Crippen molar-refractivity contribution in [3.63, 3.8) is 0 Å². The number of nitrogens with zero attached hydrogens (tertiary/aromatic N) is 3. The van der Waals surface area contributed by atoms with Crippen LogP contribution in [-0.2, 0) is 6.54 Å². The van der Waals surface area contributed by atoms with E-state index in [0.717, 1.165) is 24.6 Å². The molecule has 0 aliphatic carbocycles. The Hall–Kier alpha value is -1.33. The van der Waals surface area contributed by atoms with E-state index in [1.54, 1.807) is 0 Å². The van der Waals surface area contributed by atoms with Gasteiger partial charge in [0.25, 0.3) is 0 Å². The van der Waals surface area contributed by atoms with Gasteiger partial charge in [-0.2, -0.15) is 5.10 Å². The molecule has 0 spiro atoms. The first-order valence-electron chi connectivity index (χ1n) is 7.70. The van der Waals surface area contributed by atoms with Crippen LogP contribution >= 0.6 is 11.8 Å². The molecule has 1 aromatic carbocycles. The molecule has 2 aliphatic heterocycles. The van der Waals surface area contributed by atoms with Gasteiger partial charge in [-0.15, -0.1) is 11.8 Å². The van der Waals surface area contributed by atoms with Crippen molar-refractivity contribution >= 4 is 11.8 Å². The summed E-state index contributed by atoms with van der Waals surface area (Å²) in [5.74, 6) is 3.19. The average molecular weight is 300 g/mol. The Morgan fingerprint density at radius 3 is 3.10 bits per heavy atom. The number of hydrogen-bond acceptors (Lipinski definition) is 4. The lowest BCUT2D eigenvalue weighted by atomic mass is 10.00. The van der Waals surface area contributed by atoms with Crippen LogP contribution in [-0.4, -0.2) is 20.5 Å². The number of nitrogens with one attached hydrogen (secondary N) is 1. The first-order valence-corrected chi connectivity index (χ1v) is 8.69. The fourth-order valence-corrected chi connectivity index (χ4v) is 4.51. The van der Waals surface area contributed by atoms with Gasteiger partial charge in [-0.25, -0.2) is 9.67 Å². The van der Waals surface area contributed by atoms with Gasteiger partial charge in [0.05, 0.1) is 6.04 Å². The summed E-state index contributed by atoms with van der Waals surface area (Å²) in [5.41, 5.74) is 1.45. The first kappa shape index (κ1) is 13.3. The molecule has 2 aromatic rings. The molecule has 21 heavy (non-hydrogen) atoms. The zero-order valence-electron chi connectivity index (χ0n) is 12.2. The summed E-state index contributed by atoms with van der Waals surface area (Å²) in [6.07, 6.45) is 3.52. The zero-order chi connectivity index (χ0) is 14.2. The van der Waals surface area contributed by atoms with E-state index in [2.05, 4.69) is 44.3 Å². The molecule has 0 fully saturated rings. The van der Waals surface area contributed by atoms with Crippen LogP contribution in [0.2, 0.25) is 0 Å². The molecule has 3 heterocycles. The molecule has 0 radical (unpaired) electrons. The highest BCUT2D eigenvalue weighted by Crippen LogP contribution is 2.38. The Balaban J connectivity index is 1.60. The minimum atomic E-state index is 0.334. The summed E-state index contributed by atoms with van der Waals surface area (Å²) in [5, 5.41) is 8.35. The topological polar surface area (TPSA) is 42.7 Å². The molecule has 2 unspecified atom stereocenters. The van der Waals surface area contributed by atoms with Gasteiger partial charge in [0.1, 0.15) is 11.6 Å². The van der Waals surface area contributed by atoms with Crippen LogP contribution in [0.15, 0.2) is 29.2 Å². The Morgan fingerprint density at radius 2 is 2.14 bits per heavy atom. The minimum absolute atomic E-state index is 0.334. The van der Waals surface area contributed by atoms with Crippen LogP contribution in [0.1, 0.15) is 48.6 Å². The predicted molar refractivity (Wildman–Crippen MR) is 84.4 cm³/mol. The molecule has 0 saturated heterocycles. The van der Waals surface area contributed by atoms with Crippen LogP contribution in [0.25, 0.3) is 0 Å². The summed E-state index contributed by atoms with van der Waals surface area (Å²) in [4.78, 5) is 6.06. The number of aromatic nitrogens is 3. The fraction of sp³-hybridized carbons (Fsp3) is 0.500. The van der Waals surface area contributed by atoms with Crippen molar-refractivity contribution in [3.8, 4) is 0 Å². The molecule has 0 bridgehead atoms. The lowest BCUT2D eigenvalue weighted by Crippen LogP contribution is -2.33. The standard InChI is InChI=1S/C16H20N4S/c1-11-17-16-14(6-4-9-20(16)19-11)18-13-8-10-21-15-7-3-2-5-12(13)15/h2-3,5,7,13-14,18H,4,6,8-10H2,1H3. The molecule has 2 aliphatic rings. The van der Waals surface area contributed by atoms with E-state index in [1.807, 2.05) is 18.7 Å². The van der Waals surface area contributed by atoms with Crippen molar-refractivity contribution < 1.29 is 0 Å². The van der Waals surface area contributed by atoms with Gasteiger partial charge in [-0.3, -0.25) is 0 Å². The summed E-state index contributed by atoms with van der Waals surface area (Å²) in [6.45, 7) is 2.99. The number of hydrogen-bond donors (Lipinski definition) is 1. The molecule has 0 amide bonds. The summed E-state index contributed by atoms with van der Waals surface area (Å²) < 4.78 is 2.08. The smallest absolute Gasteiger partial charge is 0.147 e. The number of aryl methyl sites for hydroxylation is 2. The normalized spacial score (nSPS) is 24.4. The van der Waals surface area contributed by atoms with Crippen molar-refractivity contribution in [2.45, 2.75) is 49.7 Å². The number of thioether (sulfide) groups is 1. The Kier molecular flexibility index (Phi) is 3.47. The van der Waals surface area contributed by atoms with Crippen LogP contribution < -0.4 is 5.32 Å². The van der Waals surface area contributed by atoms with E-state index in [4.69, 9.17) is 0 Å². The molecule has 2 atom stereocenters. The zero-order valence-corrected chi connectivity index (χ0v) is 13.1. The summed E-state index contributed by atoms with van der Waals surface area (Å²) >= 11 is 1.97. The largest absolute Gasteiger partial charge is 0.300 e. The van der Waals surface area contributed by atoms with E-state index < -0.39 is 0 Å². The maximum absolute atomic E-state index is 4.64. The number of benzene rings is 1. The molecule has 1 N–H and O–H groups in total. The van der Waals surface area contributed by atoms with Gasteiger partial charge >= 0.3 is 0 Å². The van der Waals surface area contributed by atoms with E-state index in [-0.39, 0.29) is 0 Å². The average Bonchev–Trinajstić information content (AvgIpc) is 2.89. The van der Waals surface area contributed by atoms with E-state index in [9.17, 15) is 0 Å². The number of fused-ring (bicyclic) bond motifs is 2. The highest BCUT2D eigenvalue weighted by Gasteiger charge is 2.28. The summed E-state index contributed by atoms with van der Waals surface area (Å²) in [7, 11) is 0. The third-order valence-electron chi connectivity index (χ3n) is 4.34. The molecule has 5 heteroatoms. The van der Waals surface area contributed by atoms with Crippen molar-refractivity contribution in [1.82, 2.24) is 20.1 Å². The Morgan fingerprint density at radius 1 is 1.24 bits per heavy atom. The van der Waals surface area contributed by atoms with Crippen LogP contribution in [0.3, 0.4) is 0 Å². The second kappa shape index (κ2) is 5.46. The monoisotopic (exact) mass is 300 g/mol. The van der Waals surface area contributed by atoms with E-state index >= 15 is 0 Å². The van der Waals surface area contributed by atoms with Gasteiger partial charge in [-0.1, -0.05) is 18.2 Å². The van der Waals surface area contributed by atoms with Gasteiger partial charge < -0.3 is 5.32 Å². The third-order valence-corrected chi connectivity index (χ3v) is 5.46. The second-order valence-electron chi connectivity index (χ2n) is 5.83. The number of rotatable bonds is 2. The highest BCUT2D eigenvalue weighted by molar-refractivity contribution is 7.99. The van der Waals surface area contributed by atoms with Crippen molar-refractivity contribution in [2.24, 2.45) is 0 Å². The molecule has 1 aromatic heterocycles. The van der Waals surface area contributed by atoms with E-state index in [0.29, 0.717) is 12.1 Å². The Bertz CT molecular complexity index is 651. The van der Waals surface area contributed by atoms with Crippen molar-refractivity contribution in [2.75, 3.05) is 5.75 Å². The van der Waals surface area contributed by atoms with Crippen LogP contribution in [0.5, 0.6) is 0 Å². The maximum atomic E-state index is 4.64. The van der Waals surface area contributed by atoms with Crippen molar-refractivity contribution in [3.05, 3.63) is 41.5 Å². The lowest BCUT2D eigenvalue weighted by Gasteiger charge is -2.31. The van der Waals surface area contributed by atoms with E-state index in [1.165, 1.54) is 29.1 Å². The van der Waals surface area contributed by atoms with Gasteiger partial charge in [0.15, 0.2) is 0 Å².